The Kier molecular flexibility index (Phi) is 4.85. The molecule has 0 bridgehead atoms. The zero-order valence-corrected chi connectivity index (χ0v) is 12.4. The van der Waals surface area contributed by atoms with Crippen molar-refractivity contribution in [1.29, 1.82) is 0 Å². The van der Waals surface area contributed by atoms with E-state index in [0.29, 0.717) is 11.8 Å². The predicted octanol–water partition coefficient (Wildman–Crippen LogP) is 1.68. The van der Waals surface area contributed by atoms with Gasteiger partial charge in [-0.3, -0.25) is 4.79 Å². The first-order valence-corrected chi connectivity index (χ1v) is 7.65. The maximum absolute atomic E-state index is 12.4. The van der Waals surface area contributed by atoms with Gasteiger partial charge in [0.2, 0.25) is 5.91 Å². The second-order valence-corrected chi connectivity index (χ2v) is 6.61. The third kappa shape index (κ3) is 3.69. The van der Waals surface area contributed by atoms with Crippen molar-refractivity contribution in [2.45, 2.75) is 64.6 Å². The summed E-state index contributed by atoms with van der Waals surface area (Å²) in [5, 5.41) is 3.21. The van der Waals surface area contributed by atoms with Gasteiger partial charge in [0, 0.05) is 24.6 Å². The van der Waals surface area contributed by atoms with Crippen LogP contribution < -0.4 is 11.1 Å². The highest BCUT2D eigenvalue weighted by atomic mass is 16.5. The molecule has 0 aromatic rings. The Bertz CT molecular complexity index is 321. The first kappa shape index (κ1) is 14.8. The molecule has 0 aromatic carbocycles. The zero-order valence-electron chi connectivity index (χ0n) is 12.4. The highest BCUT2D eigenvalue weighted by Crippen LogP contribution is 2.33. The SMILES string of the molecule is CC1CC(NC(=O)C2CC(N)C(C)CC2C)CCO1. The van der Waals surface area contributed by atoms with Crippen LogP contribution in [0.3, 0.4) is 0 Å². The van der Waals surface area contributed by atoms with Crippen molar-refractivity contribution in [1.82, 2.24) is 5.32 Å². The molecule has 19 heavy (non-hydrogen) atoms. The summed E-state index contributed by atoms with van der Waals surface area (Å²) >= 11 is 0. The minimum atomic E-state index is 0.0874. The molecule has 1 aliphatic carbocycles. The number of hydrogen-bond donors (Lipinski definition) is 2. The Morgan fingerprint density at radius 1 is 1.16 bits per heavy atom. The smallest absolute Gasteiger partial charge is 0.223 e. The molecule has 6 unspecified atom stereocenters. The molecule has 2 aliphatic rings. The number of nitrogens with one attached hydrogen (secondary N) is 1. The number of amides is 1. The highest BCUT2D eigenvalue weighted by Gasteiger charge is 2.36. The summed E-state index contributed by atoms with van der Waals surface area (Å²) in [5.74, 6) is 1.26. The predicted molar refractivity (Wildman–Crippen MR) is 75.6 cm³/mol. The number of carbonyl (C=O) groups excluding carboxylic acids is 1. The topological polar surface area (TPSA) is 64.4 Å². The molecule has 1 amide bonds. The van der Waals surface area contributed by atoms with Gasteiger partial charge in [-0.1, -0.05) is 13.8 Å². The van der Waals surface area contributed by atoms with Gasteiger partial charge in [0.25, 0.3) is 0 Å². The van der Waals surface area contributed by atoms with Gasteiger partial charge < -0.3 is 15.8 Å². The summed E-state index contributed by atoms with van der Waals surface area (Å²) in [6.07, 6.45) is 4.00. The van der Waals surface area contributed by atoms with Crippen molar-refractivity contribution in [3.8, 4) is 0 Å². The Morgan fingerprint density at radius 3 is 2.58 bits per heavy atom. The third-order valence-electron chi connectivity index (χ3n) is 4.86. The van der Waals surface area contributed by atoms with Crippen LogP contribution in [0.4, 0.5) is 0 Å². The second-order valence-electron chi connectivity index (χ2n) is 6.61. The fraction of sp³-hybridized carbons (Fsp3) is 0.933. The van der Waals surface area contributed by atoms with Gasteiger partial charge >= 0.3 is 0 Å². The number of ether oxygens (including phenoxy) is 1. The minimum absolute atomic E-state index is 0.0874. The summed E-state index contributed by atoms with van der Waals surface area (Å²) in [5.41, 5.74) is 6.12. The van der Waals surface area contributed by atoms with Crippen LogP contribution in [0.2, 0.25) is 0 Å². The lowest BCUT2D eigenvalue weighted by molar-refractivity contribution is -0.129. The van der Waals surface area contributed by atoms with Gasteiger partial charge in [-0.05, 0) is 44.4 Å². The molecule has 6 atom stereocenters. The quantitative estimate of drug-likeness (QED) is 0.801. The van der Waals surface area contributed by atoms with Gasteiger partial charge in [-0.2, -0.15) is 0 Å². The summed E-state index contributed by atoms with van der Waals surface area (Å²) in [6.45, 7) is 7.19. The molecule has 110 valence electrons. The van der Waals surface area contributed by atoms with E-state index in [4.69, 9.17) is 10.5 Å². The van der Waals surface area contributed by atoms with E-state index in [1.54, 1.807) is 0 Å². The van der Waals surface area contributed by atoms with Crippen molar-refractivity contribution < 1.29 is 9.53 Å². The van der Waals surface area contributed by atoms with E-state index in [1.165, 1.54) is 0 Å². The molecule has 1 heterocycles. The maximum Gasteiger partial charge on any atom is 0.223 e. The van der Waals surface area contributed by atoms with Crippen molar-refractivity contribution in [2.75, 3.05) is 6.61 Å². The van der Waals surface area contributed by atoms with Crippen molar-refractivity contribution in [2.24, 2.45) is 23.5 Å². The van der Waals surface area contributed by atoms with E-state index < -0.39 is 0 Å². The van der Waals surface area contributed by atoms with Crippen molar-refractivity contribution in [3.63, 3.8) is 0 Å². The Hall–Kier alpha value is -0.610. The number of hydrogen-bond acceptors (Lipinski definition) is 3. The monoisotopic (exact) mass is 268 g/mol. The molecule has 0 spiro atoms. The average Bonchev–Trinajstić information content (AvgIpc) is 2.33. The lowest BCUT2D eigenvalue weighted by Gasteiger charge is -2.37. The standard InChI is InChI=1S/C15H28N2O2/c1-9-6-10(2)14(16)8-13(9)15(18)17-12-4-5-19-11(3)7-12/h9-14H,4-8,16H2,1-3H3,(H,17,18). The van der Waals surface area contributed by atoms with Crippen LogP contribution in [0.1, 0.15) is 46.5 Å². The van der Waals surface area contributed by atoms with E-state index in [-0.39, 0.29) is 30.0 Å². The van der Waals surface area contributed by atoms with Gasteiger partial charge in [0.1, 0.15) is 0 Å². The lowest BCUT2D eigenvalue weighted by atomic mass is 9.72. The van der Waals surface area contributed by atoms with Crippen LogP contribution in [0.25, 0.3) is 0 Å². The molecule has 1 saturated heterocycles. The van der Waals surface area contributed by atoms with Crippen LogP contribution in [0.5, 0.6) is 0 Å². The number of nitrogens with two attached hydrogens (primary N) is 1. The zero-order chi connectivity index (χ0) is 14.0. The average molecular weight is 268 g/mol. The minimum Gasteiger partial charge on any atom is -0.378 e. The third-order valence-corrected chi connectivity index (χ3v) is 4.86. The molecule has 0 aromatic heterocycles. The second kappa shape index (κ2) is 6.23. The Morgan fingerprint density at radius 2 is 1.89 bits per heavy atom. The van der Waals surface area contributed by atoms with Crippen molar-refractivity contribution in [3.05, 3.63) is 0 Å². The maximum atomic E-state index is 12.4. The highest BCUT2D eigenvalue weighted by molar-refractivity contribution is 5.79. The molecule has 3 N–H and O–H groups in total. The van der Waals surface area contributed by atoms with Crippen LogP contribution in [0.15, 0.2) is 0 Å². The fourth-order valence-electron chi connectivity index (χ4n) is 3.49. The summed E-state index contributed by atoms with van der Waals surface area (Å²) < 4.78 is 5.52. The van der Waals surface area contributed by atoms with E-state index in [0.717, 1.165) is 32.3 Å². The van der Waals surface area contributed by atoms with E-state index >= 15 is 0 Å². The first-order chi connectivity index (χ1) is 8.97. The van der Waals surface area contributed by atoms with Gasteiger partial charge in [-0.15, -0.1) is 0 Å². The molecular weight excluding hydrogens is 240 g/mol. The molecular formula is C15H28N2O2. The van der Waals surface area contributed by atoms with Crippen LogP contribution >= 0.6 is 0 Å². The first-order valence-electron chi connectivity index (χ1n) is 7.65. The summed E-state index contributed by atoms with van der Waals surface area (Å²) in [7, 11) is 0. The van der Waals surface area contributed by atoms with Crippen LogP contribution in [-0.2, 0) is 9.53 Å². The molecule has 4 nitrogen and oxygen atoms in total. The molecule has 1 saturated carbocycles. The molecule has 1 aliphatic heterocycles. The van der Waals surface area contributed by atoms with Crippen molar-refractivity contribution >= 4 is 5.91 Å². The number of rotatable bonds is 2. The van der Waals surface area contributed by atoms with E-state index in [2.05, 4.69) is 26.1 Å². The fourth-order valence-corrected chi connectivity index (χ4v) is 3.49. The largest absolute Gasteiger partial charge is 0.378 e. The number of carbonyl (C=O) groups is 1. The van der Waals surface area contributed by atoms with Crippen LogP contribution in [0, 0.1) is 17.8 Å². The summed E-state index contributed by atoms with van der Waals surface area (Å²) in [4.78, 5) is 12.4. The normalized spacial score (nSPS) is 43.8. The van der Waals surface area contributed by atoms with Gasteiger partial charge in [0.15, 0.2) is 0 Å². The van der Waals surface area contributed by atoms with Crippen LogP contribution in [-0.4, -0.2) is 30.7 Å². The molecule has 2 fully saturated rings. The van der Waals surface area contributed by atoms with E-state index in [1.807, 2.05) is 0 Å². The Balaban J connectivity index is 1.88. The lowest BCUT2D eigenvalue weighted by Crippen LogP contribution is -2.49. The van der Waals surface area contributed by atoms with E-state index in [9.17, 15) is 4.79 Å². The molecule has 0 radical (unpaired) electrons. The van der Waals surface area contributed by atoms with Gasteiger partial charge in [-0.25, -0.2) is 0 Å². The Labute approximate surface area is 116 Å². The summed E-state index contributed by atoms with van der Waals surface area (Å²) in [6, 6.07) is 0.444. The molecule has 4 heteroatoms. The molecule has 2 rings (SSSR count). The van der Waals surface area contributed by atoms with Gasteiger partial charge in [0.05, 0.1) is 6.10 Å².